The lowest BCUT2D eigenvalue weighted by atomic mass is 9.80. The Balaban J connectivity index is 1.74. The van der Waals surface area contributed by atoms with Crippen LogP contribution in [-0.4, -0.2) is 61.1 Å². The van der Waals surface area contributed by atoms with E-state index in [0.717, 1.165) is 19.3 Å². The van der Waals surface area contributed by atoms with Crippen molar-refractivity contribution in [2.45, 2.75) is 44.9 Å². The van der Waals surface area contributed by atoms with Crippen molar-refractivity contribution in [1.82, 2.24) is 10.2 Å². The number of amides is 2. The van der Waals surface area contributed by atoms with Crippen molar-refractivity contribution < 1.29 is 24.2 Å². The van der Waals surface area contributed by atoms with Crippen LogP contribution in [0, 0.1) is 17.8 Å². The minimum atomic E-state index is -0.790. The summed E-state index contributed by atoms with van der Waals surface area (Å²) in [5.74, 6) is -1.25. The third-order valence-electron chi connectivity index (χ3n) is 5.37. The minimum absolute atomic E-state index is 0.0373. The number of carbonyl (C=O) groups is 3. The summed E-state index contributed by atoms with van der Waals surface area (Å²) in [7, 11) is 1.64. The highest BCUT2D eigenvalue weighted by Crippen LogP contribution is 2.31. The second-order valence-corrected chi connectivity index (χ2v) is 7.14. The summed E-state index contributed by atoms with van der Waals surface area (Å²) >= 11 is 0. The number of ether oxygens (including phenoxy) is 1. The molecule has 2 fully saturated rings. The van der Waals surface area contributed by atoms with Crippen LogP contribution in [0.15, 0.2) is 0 Å². The van der Waals surface area contributed by atoms with E-state index in [1.54, 1.807) is 7.11 Å². The van der Waals surface area contributed by atoms with E-state index in [9.17, 15) is 19.5 Å². The molecule has 1 aliphatic heterocycles. The first-order valence-electron chi connectivity index (χ1n) is 9.31. The molecule has 2 unspecified atom stereocenters. The standard InChI is InChI=1S/C18H30N2O5/c1-25-11-3-8-19-16(21)13-6-9-20(10-7-13)17(22)14-4-2-5-15(12-14)18(23)24/h13-15H,2-12H2,1H3,(H,19,21)(H,23,24). The number of carboxylic acid groups (broad SMARTS) is 1. The zero-order chi connectivity index (χ0) is 18.2. The van der Waals surface area contributed by atoms with Crippen LogP contribution in [0.4, 0.5) is 0 Å². The Morgan fingerprint density at radius 3 is 2.40 bits per heavy atom. The Hall–Kier alpha value is -1.63. The van der Waals surface area contributed by atoms with Gasteiger partial charge < -0.3 is 20.1 Å². The smallest absolute Gasteiger partial charge is 0.306 e. The monoisotopic (exact) mass is 354 g/mol. The molecule has 0 aromatic heterocycles. The van der Waals surface area contributed by atoms with Crippen molar-refractivity contribution in [3.63, 3.8) is 0 Å². The van der Waals surface area contributed by atoms with Gasteiger partial charge in [0.15, 0.2) is 0 Å². The van der Waals surface area contributed by atoms with E-state index < -0.39 is 11.9 Å². The molecule has 1 saturated heterocycles. The van der Waals surface area contributed by atoms with Gasteiger partial charge in [0.2, 0.25) is 11.8 Å². The van der Waals surface area contributed by atoms with Gasteiger partial charge in [0, 0.05) is 45.2 Å². The summed E-state index contributed by atoms with van der Waals surface area (Å²) in [5, 5.41) is 12.1. The molecule has 2 rings (SSSR count). The van der Waals surface area contributed by atoms with Crippen LogP contribution in [0.3, 0.4) is 0 Å². The fourth-order valence-corrected chi connectivity index (χ4v) is 3.83. The molecule has 1 saturated carbocycles. The third kappa shape index (κ3) is 5.70. The summed E-state index contributed by atoms with van der Waals surface area (Å²) < 4.78 is 4.96. The zero-order valence-electron chi connectivity index (χ0n) is 15.0. The van der Waals surface area contributed by atoms with Crippen LogP contribution in [0.1, 0.15) is 44.9 Å². The molecule has 2 atom stereocenters. The predicted molar refractivity (Wildman–Crippen MR) is 91.9 cm³/mol. The summed E-state index contributed by atoms with van der Waals surface area (Å²) in [5.41, 5.74) is 0. The minimum Gasteiger partial charge on any atom is -0.481 e. The number of nitrogens with zero attached hydrogens (tertiary/aromatic N) is 1. The second-order valence-electron chi connectivity index (χ2n) is 7.14. The molecule has 0 aromatic carbocycles. The molecule has 0 radical (unpaired) electrons. The van der Waals surface area contributed by atoms with Crippen LogP contribution in [0.2, 0.25) is 0 Å². The highest BCUT2D eigenvalue weighted by molar-refractivity contribution is 5.82. The molecule has 2 N–H and O–H groups in total. The molecular formula is C18H30N2O5. The van der Waals surface area contributed by atoms with Gasteiger partial charge in [0.05, 0.1) is 5.92 Å². The van der Waals surface area contributed by atoms with Gasteiger partial charge in [-0.2, -0.15) is 0 Å². The van der Waals surface area contributed by atoms with Gasteiger partial charge in [0.1, 0.15) is 0 Å². The Labute approximate surface area is 149 Å². The Morgan fingerprint density at radius 2 is 1.76 bits per heavy atom. The van der Waals surface area contributed by atoms with E-state index >= 15 is 0 Å². The van der Waals surface area contributed by atoms with Gasteiger partial charge in [-0.05, 0) is 38.5 Å². The van der Waals surface area contributed by atoms with Crippen molar-refractivity contribution in [2.75, 3.05) is 33.4 Å². The number of hydrogen-bond acceptors (Lipinski definition) is 4. The first-order valence-corrected chi connectivity index (χ1v) is 9.31. The fourth-order valence-electron chi connectivity index (χ4n) is 3.83. The van der Waals surface area contributed by atoms with Gasteiger partial charge >= 0.3 is 5.97 Å². The van der Waals surface area contributed by atoms with Crippen LogP contribution >= 0.6 is 0 Å². The largest absolute Gasteiger partial charge is 0.481 e. The first-order chi connectivity index (χ1) is 12.0. The average Bonchev–Trinajstić information content (AvgIpc) is 2.64. The van der Waals surface area contributed by atoms with E-state index in [2.05, 4.69) is 5.32 Å². The van der Waals surface area contributed by atoms with Crippen molar-refractivity contribution in [3.05, 3.63) is 0 Å². The summed E-state index contributed by atoms with van der Waals surface area (Å²) in [6, 6.07) is 0. The van der Waals surface area contributed by atoms with Crippen molar-refractivity contribution in [2.24, 2.45) is 17.8 Å². The summed E-state index contributed by atoms with van der Waals surface area (Å²) in [4.78, 5) is 37.8. The normalized spacial score (nSPS) is 24.8. The maximum Gasteiger partial charge on any atom is 0.306 e. The molecule has 25 heavy (non-hydrogen) atoms. The molecular weight excluding hydrogens is 324 g/mol. The SMILES string of the molecule is COCCCNC(=O)C1CCN(C(=O)C2CCCC(C(=O)O)C2)CC1. The molecule has 0 bridgehead atoms. The van der Waals surface area contributed by atoms with Crippen molar-refractivity contribution in [3.8, 4) is 0 Å². The molecule has 7 heteroatoms. The van der Waals surface area contributed by atoms with Gasteiger partial charge in [-0.1, -0.05) is 6.42 Å². The van der Waals surface area contributed by atoms with Crippen LogP contribution in [0.5, 0.6) is 0 Å². The lowest BCUT2D eigenvalue weighted by molar-refractivity contribution is -0.146. The maximum atomic E-state index is 12.7. The number of methoxy groups -OCH3 is 1. The van der Waals surface area contributed by atoms with Gasteiger partial charge in [-0.3, -0.25) is 14.4 Å². The van der Waals surface area contributed by atoms with Crippen LogP contribution in [-0.2, 0) is 19.1 Å². The fraction of sp³-hybridized carbons (Fsp3) is 0.833. The van der Waals surface area contributed by atoms with Gasteiger partial charge in [-0.15, -0.1) is 0 Å². The maximum absolute atomic E-state index is 12.7. The number of nitrogens with one attached hydrogen (secondary N) is 1. The Bertz CT molecular complexity index is 474. The molecule has 0 aromatic rings. The molecule has 2 amide bonds. The number of hydrogen-bond donors (Lipinski definition) is 2. The molecule has 142 valence electrons. The molecule has 1 heterocycles. The second kappa shape index (κ2) is 9.75. The lowest BCUT2D eigenvalue weighted by Crippen LogP contribution is -2.46. The molecule has 7 nitrogen and oxygen atoms in total. The highest BCUT2D eigenvalue weighted by atomic mass is 16.5. The Morgan fingerprint density at radius 1 is 1.08 bits per heavy atom. The number of carboxylic acids is 1. The number of rotatable bonds is 7. The quantitative estimate of drug-likeness (QED) is 0.671. The Kier molecular flexibility index (Phi) is 7.68. The first kappa shape index (κ1) is 19.7. The van der Waals surface area contributed by atoms with E-state index in [-0.39, 0.29) is 23.7 Å². The zero-order valence-corrected chi connectivity index (χ0v) is 15.0. The highest BCUT2D eigenvalue weighted by Gasteiger charge is 2.35. The van der Waals surface area contributed by atoms with Crippen LogP contribution < -0.4 is 5.32 Å². The predicted octanol–water partition coefficient (Wildman–Crippen LogP) is 1.27. The van der Waals surface area contributed by atoms with E-state index in [0.29, 0.717) is 51.9 Å². The number of likely N-dealkylation sites (tertiary alicyclic amines) is 1. The van der Waals surface area contributed by atoms with E-state index in [4.69, 9.17) is 4.74 Å². The number of aliphatic carboxylic acids is 1. The van der Waals surface area contributed by atoms with E-state index in [1.165, 1.54) is 0 Å². The lowest BCUT2D eigenvalue weighted by Gasteiger charge is -2.35. The van der Waals surface area contributed by atoms with E-state index in [1.807, 2.05) is 4.90 Å². The van der Waals surface area contributed by atoms with Crippen molar-refractivity contribution >= 4 is 17.8 Å². The third-order valence-corrected chi connectivity index (χ3v) is 5.37. The summed E-state index contributed by atoms with van der Waals surface area (Å²) in [6.45, 7) is 2.42. The topological polar surface area (TPSA) is 95.9 Å². The molecule has 2 aliphatic rings. The average molecular weight is 354 g/mol. The number of carbonyl (C=O) groups excluding carboxylic acids is 2. The van der Waals surface area contributed by atoms with Gasteiger partial charge in [0.25, 0.3) is 0 Å². The van der Waals surface area contributed by atoms with Crippen molar-refractivity contribution in [1.29, 1.82) is 0 Å². The van der Waals surface area contributed by atoms with Gasteiger partial charge in [-0.25, -0.2) is 0 Å². The molecule has 0 spiro atoms. The van der Waals surface area contributed by atoms with Crippen LogP contribution in [0.25, 0.3) is 0 Å². The number of piperidine rings is 1. The molecule has 1 aliphatic carbocycles. The summed E-state index contributed by atoms with van der Waals surface area (Å²) in [6.07, 6.45) is 4.86.